The van der Waals surface area contributed by atoms with E-state index in [1.54, 1.807) is 13.3 Å². The van der Waals surface area contributed by atoms with Crippen LogP contribution in [0.3, 0.4) is 0 Å². The van der Waals surface area contributed by atoms with Crippen LogP contribution >= 0.6 is 0 Å². The standard InChI is InChI=1S/C39H34N4O2.Pt/c1-5-6-11-28-16-19-36-35(22-28)34-18-17-33(24-37(34)42(36)38-25-31(44-4)20-21-40-38)45-32-15-10-14-30(23-32)43-27(3)39(26(2)41-43)29-12-8-7-9-13-29;/h7-10,12-22,25H,5-6,11H2,1-4H3;/q-2;+2. The molecule has 0 amide bonds. The number of methoxy groups -OCH3 is 1. The van der Waals surface area contributed by atoms with Crippen molar-refractivity contribution >= 4 is 21.8 Å². The summed E-state index contributed by atoms with van der Waals surface area (Å²) in [6, 6.07) is 37.8. The second kappa shape index (κ2) is 13.4. The van der Waals surface area contributed by atoms with E-state index < -0.39 is 0 Å². The number of pyridine rings is 1. The van der Waals surface area contributed by atoms with Gasteiger partial charge in [-0.25, -0.2) is 4.98 Å². The second-order valence-electron chi connectivity index (χ2n) is 11.3. The third kappa shape index (κ3) is 5.86. The first kappa shape index (κ1) is 31.3. The average Bonchev–Trinajstić information content (AvgIpc) is 3.56. The molecule has 6 nitrogen and oxygen atoms in total. The molecule has 0 unspecified atom stereocenters. The van der Waals surface area contributed by atoms with Crippen LogP contribution in [0.1, 0.15) is 36.7 Å². The average molecular weight is 786 g/mol. The number of unbranched alkanes of at least 4 members (excludes halogenated alkanes) is 1. The molecule has 7 heteroatoms. The van der Waals surface area contributed by atoms with Crippen LogP contribution in [0.4, 0.5) is 0 Å². The maximum absolute atomic E-state index is 6.41. The number of nitrogens with zero attached hydrogens (tertiary/aromatic N) is 4. The van der Waals surface area contributed by atoms with Gasteiger partial charge in [0.1, 0.15) is 11.6 Å². The van der Waals surface area contributed by atoms with Crippen LogP contribution < -0.4 is 9.47 Å². The van der Waals surface area contributed by atoms with Crippen LogP contribution in [0, 0.1) is 26.0 Å². The number of benzene rings is 4. The summed E-state index contributed by atoms with van der Waals surface area (Å²) < 4.78 is 16.0. The summed E-state index contributed by atoms with van der Waals surface area (Å²) in [6.07, 6.45) is 5.14. The molecule has 0 bridgehead atoms. The fourth-order valence-corrected chi connectivity index (χ4v) is 6.09. The number of ether oxygens (including phenoxy) is 2. The molecule has 0 saturated carbocycles. The fraction of sp³-hybridized carbons (Fsp3) is 0.179. The topological polar surface area (TPSA) is 54.1 Å². The van der Waals surface area contributed by atoms with Gasteiger partial charge in [0, 0.05) is 40.5 Å². The Labute approximate surface area is 283 Å². The molecule has 0 radical (unpaired) electrons. The molecule has 4 aromatic carbocycles. The summed E-state index contributed by atoms with van der Waals surface area (Å²) in [4.78, 5) is 4.71. The molecule has 0 aliphatic carbocycles. The number of rotatable bonds is 9. The summed E-state index contributed by atoms with van der Waals surface area (Å²) in [7, 11) is 1.67. The van der Waals surface area contributed by atoms with Crippen LogP contribution in [-0.2, 0) is 27.5 Å². The summed E-state index contributed by atoms with van der Waals surface area (Å²) in [6.45, 7) is 6.35. The summed E-state index contributed by atoms with van der Waals surface area (Å²) >= 11 is 0. The van der Waals surface area contributed by atoms with Gasteiger partial charge in [0.25, 0.3) is 0 Å². The van der Waals surface area contributed by atoms with Crippen molar-refractivity contribution in [2.75, 3.05) is 7.11 Å². The van der Waals surface area contributed by atoms with Crippen molar-refractivity contribution in [2.45, 2.75) is 40.0 Å². The molecule has 0 atom stereocenters. The fourth-order valence-electron chi connectivity index (χ4n) is 6.09. The van der Waals surface area contributed by atoms with Crippen LogP contribution in [0.5, 0.6) is 17.2 Å². The van der Waals surface area contributed by atoms with E-state index in [2.05, 4.69) is 79.1 Å². The Balaban J connectivity index is 0.00000372. The Bertz CT molecular complexity index is 2150. The van der Waals surface area contributed by atoms with Crippen molar-refractivity contribution in [2.24, 2.45) is 0 Å². The van der Waals surface area contributed by atoms with E-state index in [0.717, 1.165) is 75.5 Å². The minimum Gasteiger partial charge on any atom is -0.509 e. The Morgan fingerprint density at radius 3 is 2.46 bits per heavy atom. The molecule has 3 aromatic heterocycles. The number of hydrogen-bond donors (Lipinski definition) is 0. The van der Waals surface area contributed by atoms with Crippen molar-refractivity contribution in [3.63, 3.8) is 0 Å². The minimum atomic E-state index is 0. The zero-order valence-corrected chi connectivity index (χ0v) is 28.6. The maximum Gasteiger partial charge on any atom is 2.00 e. The van der Waals surface area contributed by atoms with Crippen molar-refractivity contribution in [3.05, 3.63) is 126 Å². The van der Waals surface area contributed by atoms with E-state index in [4.69, 9.17) is 19.6 Å². The van der Waals surface area contributed by atoms with Crippen LogP contribution in [0.15, 0.2) is 97.2 Å². The number of aryl methyl sites for hydroxylation is 2. The molecule has 46 heavy (non-hydrogen) atoms. The molecule has 7 rings (SSSR count). The zero-order valence-electron chi connectivity index (χ0n) is 26.3. The van der Waals surface area contributed by atoms with Crippen LogP contribution in [0.2, 0.25) is 0 Å². The Kier molecular flexibility index (Phi) is 9.10. The summed E-state index contributed by atoms with van der Waals surface area (Å²) in [5, 5.41) is 7.11. The SMILES string of the molecule is CCCCc1ccc2c(c1)c1ccc(Oc3[c-]c(-n4nc(C)c(-c5ccccc5)c4C)ccc3)[c-]c1n2-c1cc(OC)ccn1.[Pt+2]. The van der Waals surface area contributed by atoms with E-state index in [1.165, 1.54) is 10.9 Å². The molecule has 0 spiro atoms. The molecule has 7 aromatic rings. The Morgan fingerprint density at radius 1 is 0.826 bits per heavy atom. The monoisotopic (exact) mass is 785 g/mol. The number of aromatic nitrogens is 4. The van der Waals surface area contributed by atoms with Crippen LogP contribution in [-0.4, -0.2) is 26.4 Å². The van der Waals surface area contributed by atoms with Gasteiger partial charge in [0.15, 0.2) is 0 Å². The second-order valence-corrected chi connectivity index (χ2v) is 11.3. The number of fused-ring (bicyclic) bond motifs is 3. The van der Waals surface area contributed by atoms with Gasteiger partial charge in [0.2, 0.25) is 0 Å². The van der Waals surface area contributed by atoms with Gasteiger partial charge in [-0.2, -0.15) is 17.2 Å². The van der Waals surface area contributed by atoms with Crippen molar-refractivity contribution in [3.8, 4) is 39.9 Å². The Morgan fingerprint density at radius 2 is 1.65 bits per heavy atom. The molecule has 3 heterocycles. The normalized spacial score (nSPS) is 11.1. The predicted octanol–water partition coefficient (Wildman–Crippen LogP) is 9.39. The molecule has 0 aliphatic rings. The first-order valence-electron chi connectivity index (χ1n) is 15.4. The third-order valence-corrected chi connectivity index (χ3v) is 8.27. The van der Waals surface area contributed by atoms with Gasteiger partial charge in [-0.15, -0.1) is 35.7 Å². The van der Waals surface area contributed by atoms with Crippen molar-refractivity contribution < 1.29 is 30.5 Å². The van der Waals surface area contributed by atoms with Crippen molar-refractivity contribution in [1.82, 2.24) is 19.3 Å². The zero-order chi connectivity index (χ0) is 30.9. The van der Waals surface area contributed by atoms with Gasteiger partial charge in [-0.3, -0.25) is 4.68 Å². The van der Waals surface area contributed by atoms with Crippen molar-refractivity contribution in [1.29, 1.82) is 0 Å². The largest absolute Gasteiger partial charge is 2.00 e. The third-order valence-electron chi connectivity index (χ3n) is 8.27. The molecule has 0 fully saturated rings. The van der Waals surface area contributed by atoms with E-state index in [0.29, 0.717) is 11.5 Å². The summed E-state index contributed by atoms with van der Waals surface area (Å²) in [5.41, 5.74) is 8.38. The van der Waals surface area contributed by atoms with Gasteiger partial charge in [0.05, 0.1) is 12.8 Å². The van der Waals surface area contributed by atoms with Gasteiger partial charge >= 0.3 is 21.1 Å². The summed E-state index contributed by atoms with van der Waals surface area (Å²) in [5.74, 6) is 2.68. The molecule has 232 valence electrons. The van der Waals surface area contributed by atoms with Crippen LogP contribution in [0.25, 0.3) is 44.4 Å². The smallest absolute Gasteiger partial charge is 0.509 e. The minimum absolute atomic E-state index is 0. The predicted molar refractivity (Wildman–Crippen MR) is 180 cm³/mol. The first-order chi connectivity index (χ1) is 22.0. The molecular weight excluding hydrogens is 752 g/mol. The van der Waals surface area contributed by atoms with Gasteiger partial charge < -0.3 is 14.0 Å². The van der Waals surface area contributed by atoms with E-state index in [1.807, 2.05) is 54.1 Å². The van der Waals surface area contributed by atoms with Gasteiger partial charge in [-0.1, -0.05) is 61.3 Å². The molecule has 0 N–H and O–H groups in total. The molecule has 0 saturated heterocycles. The first-order valence-corrected chi connectivity index (χ1v) is 15.4. The molecular formula is C39H34N4O2Pt. The van der Waals surface area contributed by atoms with E-state index in [9.17, 15) is 0 Å². The number of hydrogen-bond acceptors (Lipinski definition) is 4. The maximum atomic E-state index is 6.41. The van der Waals surface area contributed by atoms with Gasteiger partial charge in [-0.05, 0) is 61.0 Å². The van der Waals surface area contributed by atoms with E-state index >= 15 is 0 Å². The molecule has 0 aliphatic heterocycles. The quantitative estimate of drug-likeness (QED) is 0.137. The van der Waals surface area contributed by atoms with E-state index in [-0.39, 0.29) is 21.1 Å². The Hall–Kier alpha value is -4.67.